The molecule has 0 heterocycles. The Morgan fingerprint density at radius 2 is 1.80 bits per heavy atom. The van der Waals surface area contributed by atoms with Gasteiger partial charge in [-0.2, -0.15) is 0 Å². The molecule has 0 amide bonds. The van der Waals surface area contributed by atoms with Gasteiger partial charge >= 0.3 is 0 Å². The lowest BCUT2D eigenvalue weighted by Gasteiger charge is -2.48. The number of benzene rings is 1. The van der Waals surface area contributed by atoms with E-state index in [1.165, 1.54) is 32.1 Å². The molecule has 1 fully saturated rings. The number of likely N-dealkylation sites (N-methyl/N-ethyl adjacent to an activating group) is 2. The first-order valence-corrected chi connectivity index (χ1v) is 7.61. The number of rotatable bonds is 4. The van der Waals surface area contributed by atoms with Gasteiger partial charge in [0.15, 0.2) is 0 Å². The number of hydrogen-bond donors (Lipinski definition) is 1. The summed E-state index contributed by atoms with van der Waals surface area (Å²) in [6.45, 7) is 1.96. The lowest BCUT2D eigenvalue weighted by Crippen LogP contribution is -2.54. The molecule has 0 radical (unpaired) electrons. The number of nitrogens with one attached hydrogen (secondary N) is 1. The quantitative estimate of drug-likeness (QED) is 0.904. The van der Waals surface area contributed by atoms with E-state index < -0.39 is 0 Å². The van der Waals surface area contributed by atoms with Crippen molar-refractivity contribution in [2.75, 3.05) is 21.1 Å². The first-order valence-electron chi connectivity index (χ1n) is 7.61. The van der Waals surface area contributed by atoms with Crippen LogP contribution in [0.25, 0.3) is 0 Å². The van der Waals surface area contributed by atoms with E-state index in [0.29, 0.717) is 0 Å². The van der Waals surface area contributed by atoms with Crippen LogP contribution in [0.5, 0.6) is 0 Å². The fraction of sp³-hybridized carbons (Fsp3) is 0.647. The molecular weight excluding hydrogens is 251 g/mol. The summed E-state index contributed by atoms with van der Waals surface area (Å²) in [5.74, 6) is -0.134. The molecule has 0 spiro atoms. The lowest BCUT2D eigenvalue weighted by atomic mass is 9.73. The highest BCUT2D eigenvalue weighted by atomic mass is 19.1. The van der Waals surface area contributed by atoms with Crippen LogP contribution in [0, 0.1) is 12.7 Å². The second kappa shape index (κ2) is 6.23. The van der Waals surface area contributed by atoms with Crippen LogP contribution in [0.15, 0.2) is 18.2 Å². The largest absolute Gasteiger partial charge is 0.311 e. The predicted molar refractivity (Wildman–Crippen MR) is 82.4 cm³/mol. The molecule has 1 N–H and O–H groups in total. The zero-order valence-corrected chi connectivity index (χ0v) is 13.2. The van der Waals surface area contributed by atoms with Crippen molar-refractivity contribution in [3.63, 3.8) is 0 Å². The number of halogens is 1. The maximum Gasteiger partial charge on any atom is 0.123 e. The van der Waals surface area contributed by atoms with Crippen LogP contribution in [0.4, 0.5) is 4.39 Å². The summed E-state index contributed by atoms with van der Waals surface area (Å²) < 4.78 is 13.8. The maximum atomic E-state index is 13.8. The van der Waals surface area contributed by atoms with E-state index in [9.17, 15) is 4.39 Å². The smallest absolute Gasteiger partial charge is 0.123 e. The molecule has 112 valence electrons. The highest BCUT2D eigenvalue weighted by Crippen LogP contribution is 2.42. The van der Waals surface area contributed by atoms with Crippen molar-refractivity contribution in [3.8, 4) is 0 Å². The first-order chi connectivity index (χ1) is 9.49. The molecule has 1 unspecified atom stereocenters. The zero-order chi connectivity index (χ0) is 14.8. The third-order valence-electron chi connectivity index (χ3n) is 4.83. The van der Waals surface area contributed by atoms with Gasteiger partial charge in [-0.05, 0) is 64.2 Å². The van der Waals surface area contributed by atoms with Crippen LogP contribution in [0.1, 0.15) is 49.3 Å². The van der Waals surface area contributed by atoms with Crippen LogP contribution in [0.3, 0.4) is 0 Å². The Kier molecular flexibility index (Phi) is 4.82. The molecule has 2 rings (SSSR count). The summed E-state index contributed by atoms with van der Waals surface area (Å²) in [5, 5.41) is 3.46. The maximum absolute atomic E-state index is 13.8. The molecule has 3 heteroatoms. The minimum atomic E-state index is -0.134. The van der Waals surface area contributed by atoms with Gasteiger partial charge in [0.1, 0.15) is 5.82 Å². The van der Waals surface area contributed by atoms with Crippen LogP contribution < -0.4 is 5.32 Å². The predicted octanol–water partition coefficient (Wildman–Crippen LogP) is 3.66. The summed E-state index contributed by atoms with van der Waals surface area (Å²) in [5.41, 5.74) is 2.15. The average molecular weight is 278 g/mol. The minimum absolute atomic E-state index is 0.0905. The molecule has 0 bridgehead atoms. The van der Waals surface area contributed by atoms with Crippen molar-refractivity contribution in [2.24, 2.45) is 0 Å². The van der Waals surface area contributed by atoms with E-state index in [1.54, 1.807) is 12.1 Å². The Labute approximate surface area is 122 Å². The summed E-state index contributed by atoms with van der Waals surface area (Å²) in [7, 11) is 6.30. The van der Waals surface area contributed by atoms with Crippen molar-refractivity contribution in [2.45, 2.75) is 50.6 Å². The summed E-state index contributed by atoms with van der Waals surface area (Å²) in [4.78, 5) is 2.34. The molecule has 2 nitrogen and oxygen atoms in total. The molecule has 20 heavy (non-hydrogen) atoms. The van der Waals surface area contributed by atoms with Gasteiger partial charge in [0.25, 0.3) is 0 Å². The van der Waals surface area contributed by atoms with Gasteiger partial charge in [-0.15, -0.1) is 0 Å². The van der Waals surface area contributed by atoms with Gasteiger partial charge in [0.05, 0.1) is 6.04 Å². The van der Waals surface area contributed by atoms with Crippen molar-refractivity contribution in [1.29, 1.82) is 0 Å². The zero-order valence-electron chi connectivity index (χ0n) is 13.2. The van der Waals surface area contributed by atoms with Gasteiger partial charge in [-0.25, -0.2) is 4.39 Å². The highest BCUT2D eigenvalue weighted by molar-refractivity contribution is 5.29. The Morgan fingerprint density at radius 1 is 1.15 bits per heavy atom. The second-order valence-corrected chi connectivity index (χ2v) is 6.34. The molecule has 0 aliphatic heterocycles. The molecule has 0 saturated heterocycles. The third-order valence-corrected chi connectivity index (χ3v) is 4.83. The Bertz CT molecular complexity index is 430. The fourth-order valence-corrected chi connectivity index (χ4v) is 3.83. The number of nitrogens with zero attached hydrogens (tertiary/aromatic N) is 1. The molecule has 1 aliphatic rings. The Morgan fingerprint density at radius 3 is 2.30 bits per heavy atom. The summed E-state index contributed by atoms with van der Waals surface area (Å²) in [6, 6.07) is 5.57. The van der Waals surface area contributed by atoms with Gasteiger partial charge in [0.2, 0.25) is 0 Å². The SMILES string of the molecule is CNC(c1cc(C)cc(F)c1)C1(N(C)C)CCCCC1. The second-order valence-electron chi connectivity index (χ2n) is 6.34. The molecular formula is C17H27FN2. The molecule has 1 aromatic carbocycles. The van der Waals surface area contributed by atoms with Crippen molar-refractivity contribution in [3.05, 3.63) is 35.1 Å². The summed E-state index contributed by atoms with van der Waals surface area (Å²) in [6.07, 6.45) is 6.16. The average Bonchev–Trinajstić information content (AvgIpc) is 2.39. The lowest BCUT2D eigenvalue weighted by molar-refractivity contribution is 0.0593. The molecule has 0 aromatic heterocycles. The van der Waals surface area contributed by atoms with E-state index in [-0.39, 0.29) is 17.4 Å². The molecule has 1 aromatic rings. The normalized spacial score (nSPS) is 20.1. The van der Waals surface area contributed by atoms with E-state index in [1.807, 2.05) is 14.0 Å². The van der Waals surface area contributed by atoms with Crippen LogP contribution in [-0.2, 0) is 0 Å². The monoisotopic (exact) mass is 278 g/mol. The third kappa shape index (κ3) is 2.89. The Balaban J connectivity index is 2.42. The minimum Gasteiger partial charge on any atom is -0.311 e. The van der Waals surface area contributed by atoms with E-state index in [0.717, 1.165) is 11.1 Å². The fourth-order valence-electron chi connectivity index (χ4n) is 3.83. The molecule has 1 aliphatic carbocycles. The highest BCUT2D eigenvalue weighted by Gasteiger charge is 2.41. The van der Waals surface area contributed by atoms with E-state index in [4.69, 9.17) is 0 Å². The van der Waals surface area contributed by atoms with Gasteiger partial charge in [-0.1, -0.05) is 25.3 Å². The number of hydrogen-bond acceptors (Lipinski definition) is 2. The molecule has 1 saturated carbocycles. The van der Waals surface area contributed by atoms with Crippen molar-refractivity contribution in [1.82, 2.24) is 10.2 Å². The van der Waals surface area contributed by atoms with E-state index >= 15 is 0 Å². The van der Waals surface area contributed by atoms with Crippen LogP contribution in [-0.4, -0.2) is 31.6 Å². The van der Waals surface area contributed by atoms with Crippen molar-refractivity contribution >= 4 is 0 Å². The topological polar surface area (TPSA) is 15.3 Å². The van der Waals surface area contributed by atoms with E-state index in [2.05, 4.69) is 30.4 Å². The summed E-state index contributed by atoms with van der Waals surface area (Å²) >= 11 is 0. The first kappa shape index (κ1) is 15.5. The van der Waals surface area contributed by atoms with Gasteiger partial charge < -0.3 is 10.2 Å². The standard InChI is InChI=1S/C17H27FN2/c1-13-10-14(12-15(18)11-13)16(19-2)17(20(3)4)8-6-5-7-9-17/h10-12,16,19H,5-9H2,1-4H3. The molecule has 1 atom stereocenters. The van der Waals surface area contributed by atoms with Gasteiger partial charge in [0, 0.05) is 5.54 Å². The van der Waals surface area contributed by atoms with Gasteiger partial charge in [-0.3, -0.25) is 0 Å². The Hall–Kier alpha value is -0.930. The number of aryl methyl sites for hydroxylation is 1. The van der Waals surface area contributed by atoms with Crippen molar-refractivity contribution < 1.29 is 4.39 Å². The van der Waals surface area contributed by atoms with Crippen LogP contribution >= 0.6 is 0 Å². The van der Waals surface area contributed by atoms with Crippen LogP contribution in [0.2, 0.25) is 0 Å².